The highest BCUT2D eigenvalue weighted by Crippen LogP contribution is 2.30. The molecule has 4 rings (SSSR count). The number of hydrogen-bond acceptors (Lipinski definition) is 5. The summed E-state index contributed by atoms with van der Waals surface area (Å²) in [7, 11) is 0. The maximum absolute atomic E-state index is 4.71. The molecule has 1 aliphatic heterocycles. The van der Waals surface area contributed by atoms with Gasteiger partial charge in [0, 0.05) is 74.2 Å². The summed E-state index contributed by atoms with van der Waals surface area (Å²) in [6.07, 6.45) is 13.8. The average molecular weight is 366 g/mol. The van der Waals surface area contributed by atoms with Gasteiger partial charge in [0.05, 0.1) is 0 Å². The molecule has 1 aliphatic carbocycles. The van der Waals surface area contributed by atoms with Gasteiger partial charge in [-0.05, 0) is 38.3 Å². The minimum absolute atomic E-state index is 0.586. The first-order valence-corrected chi connectivity index (χ1v) is 10.5. The summed E-state index contributed by atoms with van der Waals surface area (Å²) in [5.41, 5.74) is 3.62. The van der Waals surface area contributed by atoms with Gasteiger partial charge in [0.1, 0.15) is 5.82 Å². The van der Waals surface area contributed by atoms with Gasteiger partial charge in [-0.1, -0.05) is 19.3 Å². The van der Waals surface area contributed by atoms with Crippen molar-refractivity contribution in [3.05, 3.63) is 47.8 Å². The molecule has 144 valence electrons. The number of aromatic nitrogens is 3. The normalized spacial score (nSPS) is 19.8. The number of rotatable bonds is 4. The first-order chi connectivity index (χ1) is 13.3. The van der Waals surface area contributed by atoms with Crippen molar-refractivity contribution in [1.29, 1.82) is 0 Å². The fourth-order valence-electron chi connectivity index (χ4n) is 4.39. The largest absolute Gasteiger partial charge is 0.370 e. The first-order valence-electron chi connectivity index (χ1n) is 10.5. The number of hydrogen-bond donors (Lipinski definition) is 0. The van der Waals surface area contributed by atoms with Gasteiger partial charge in [-0.2, -0.15) is 0 Å². The Hall–Kier alpha value is -2.01. The predicted molar refractivity (Wildman–Crippen MR) is 109 cm³/mol. The van der Waals surface area contributed by atoms with E-state index in [-0.39, 0.29) is 0 Å². The molecule has 3 heterocycles. The van der Waals surface area contributed by atoms with Crippen molar-refractivity contribution >= 4 is 5.69 Å². The summed E-state index contributed by atoms with van der Waals surface area (Å²) in [5.74, 6) is 1.65. The van der Waals surface area contributed by atoms with Crippen molar-refractivity contribution in [1.82, 2.24) is 19.9 Å². The van der Waals surface area contributed by atoms with Crippen LogP contribution >= 0.6 is 0 Å². The molecule has 0 amide bonds. The van der Waals surface area contributed by atoms with Crippen LogP contribution in [-0.2, 0) is 6.54 Å². The monoisotopic (exact) mass is 365 g/mol. The van der Waals surface area contributed by atoms with E-state index in [1.165, 1.54) is 49.8 Å². The van der Waals surface area contributed by atoms with Crippen LogP contribution in [0.3, 0.4) is 0 Å². The Bertz CT molecular complexity index is 724. The van der Waals surface area contributed by atoms with Gasteiger partial charge in [-0.15, -0.1) is 0 Å². The lowest BCUT2D eigenvalue weighted by Crippen LogP contribution is -2.30. The third-order valence-electron chi connectivity index (χ3n) is 5.94. The van der Waals surface area contributed by atoms with Crippen LogP contribution in [0.25, 0.3) is 0 Å². The third-order valence-corrected chi connectivity index (χ3v) is 5.94. The Labute approximate surface area is 162 Å². The molecular weight excluding hydrogens is 334 g/mol. The first kappa shape index (κ1) is 18.4. The summed E-state index contributed by atoms with van der Waals surface area (Å²) < 4.78 is 0. The van der Waals surface area contributed by atoms with Crippen molar-refractivity contribution in [2.75, 3.05) is 31.1 Å². The average Bonchev–Trinajstić information content (AvgIpc) is 2.95. The van der Waals surface area contributed by atoms with Gasteiger partial charge in [0.25, 0.3) is 0 Å². The van der Waals surface area contributed by atoms with E-state index in [9.17, 15) is 0 Å². The molecule has 2 aromatic heterocycles. The number of anilines is 1. The molecule has 27 heavy (non-hydrogen) atoms. The standard InChI is InChI=1S/C22H31N5/c1-18-14-21(8-9-23-18)27-11-5-10-26(12-13-27)17-19-15-24-22(25-16-19)20-6-3-2-4-7-20/h8-9,14-16,20H,2-7,10-13,17H2,1H3. The highest BCUT2D eigenvalue weighted by atomic mass is 15.2. The van der Waals surface area contributed by atoms with Crippen molar-refractivity contribution < 1.29 is 0 Å². The zero-order valence-electron chi connectivity index (χ0n) is 16.5. The molecule has 1 saturated heterocycles. The molecule has 5 nitrogen and oxygen atoms in total. The van der Waals surface area contributed by atoms with Crippen molar-refractivity contribution in [2.45, 2.75) is 57.9 Å². The van der Waals surface area contributed by atoms with Gasteiger partial charge >= 0.3 is 0 Å². The Morgan fingerprint density at radius 2 is 1.74 bits per heavy atom. The summed E-state index contributed by atoms with van der Waals surface area (Å²) in [6, 6.07) is 4.31. The van der Waals surface area contributed by atoms with Gasteiger partial charge < -0.3 is 4.90 Å². The van der Waals surface area contributed by atoms with E-state index < -0.39 is 0 Å². The minimum atomic E-state index is 0.586. The van der Waals surface area contributed by atoms with E-state index in [1.54, 1.807) is 0 Å². The smallest absolute Gasteiger partial charge is 0.131 e. The maximum Gasteiger partial charge on any atom is 0.131 e. The zero-order valence-corrected chi connectivity index (χ0v) is 16.5. The molecule has 0 spiro atoms. The van der Waals surface area contributed by atoms with E-state index in [4.69, 9.17) is 9.97 Å². The SMILES string of the molecule is Cc1cc(N2CCCN(Cc3cnc(C4CCCCC4)nc3)CC2)ccn1. The van der Waals surface area contributed by atoms with Gasteiger partial charge in [-0.3, -0.25) is 9.88 Å². The molecule has 0 atom stereocenters. The Kier molecular flexibility index (Phi) is 5.97. The molecular formula is C22H31N5. The third kappa shape index (κ3) is 4.83. The second-order valence-corrected chi connectivity index (χ2v) is 8.06. The van der Waals surface area contributed by atoms with Crippen LogP contribution in [0.4, 0.5) is 5.69 Å². The van der Waals surface area contributed by atoms with Crippen LogP contribution in [0.15, 0.2) is 30.7 Å². The van der Waals surface area contributed by atoms with Crippen molar-refractivity contribution in [2.24, 2.45) is 0 Å². The van der Waals surface area contributed by atoms with Crippen LogP contribution < -0.4 is 4.90 Å². The summed E-state index contributed by atoms with van der Waals surface area (Å²) in [6.45, 7) is 7.39. The van der Waals surface area contributed by atoms with E-state index in [1.807, 2.05) is 6.20 Å². The van der Waals surface area contributed by atoms with Crippen LogP contribution in [0, 0.1) is 6.92 Å². The maximum atomic E-state index is 4.71. The molecule has 2 aliphatic rings. The highest BCUT2D eigenvalue weighted by molar-refractivity contribution is 5.46. The Balaban J connectivity index is 1.33. The van der Waals surface area contributed by atoms with Gasteiger partial charge in [-0.25, -0.2) is 9.97 Å². The van der Waals surface area contributed by atoms with Crippen molar-refractivity contribution in [3.63, 3.8) is 0 Å². The Morgan fingerprint density at radius 3 is 2.52 bits per heavy atom. The lowest BCUT2D eigenvalue weighted by Gasteiger charge is -2.24. The number of nitrogens with zero attached hydrogens (tertiary/aromatic N) is 5. The molecule has 0 aromatic carbocycles. The van der Waals surface area contributed by atoms with Gasteiger partial charge in [0.15, 0.2) is 0 Å². The second-order valence-electron chi connectivity index (χ2n) is 8.06. The predicted octanol–water partition coefficient (Wildman–Crippen LogP) is 3.94. The molecule has 5 heteroatoms. The molecule has 1 saturated carbocycles. The van der Waals surface area contributed by atoms with Crippen molar-refractivity contribution in [3.8, 4) is 0 Å². The lowest BCUT2D eigenvalue weighted by molar-refractivity contribution is 0.284. The molecule has 0 unspecified atom stereocenters. The lowest BCUT2D eigenvalue weighted by atomic mass is 9.89. The topological polar surface area (TPSA) is 45.2 Å². The van der Waals surface area contributed by atoms with Crippen LogP contribution in [0.1, 0.15) is 61.5 Å². The van der Waals surface area contributed by atoms with Crippen LogP contribution in [-0.4, -0.2) is 46.0 Å². The minimum Gasteiger partial charge on any atom is -0.370 e. The van der Waals surface area contributed by atoms with E-state index in [2.05, 4.69) is 46.2 Å². The Morgan fingerprint density at radius 1 is 0.926 bits per heavy atom. The molecule has 0 bridgehead atoms. The molecule has 2 aromatic rings. The summed E-state index contributed by atoms with van der Waals surface area (Å²) in [5, 5.41) is 0. The number of pyridine rings is 1. The van der Waals surface area contributed by atoms with Crippen LogP contribution in [0.5, 0.6) is 0 Å². The molecule has 0 radical (unpaired) electrons. The quantitative estimate of drug-likeness (QED) is 0.821. The van der Waals surface area contributed by atoms with E-state index >= 15 is 0 Å². The van der Waals surface area contributed by atoms with Crippen LogP contribution in [0.2, 0.25) is 0 Å². The fraction of sp³-hybridized carbons (Fsp3) is 0.591. The second kappa shape index (κ2) is 8.79. The van der Waals surface area contributed by atoms with Gasteiger partial charge in [0.2, 0.25) is 0 Å². The summed E-state index contributed by atoms with van der Waals surface area (Å²) in [4.78, 5) is 18.8. The van der Waals surface area contributed by atoms with E-state index in [0.29, 0.717) is 5.92 Å². The number of aryl methyl sites for hydroxylation is 1. The molecule has 0 N–H and O–H groups in total. The van der Waals surface area contributed by atoms with E-state index in [0.717, 1.165) is 44.2 Å². The fourth-order valence-corrected chi connectivity index (χ4v) is 4.39. The highest BCUT2D eigenvalue weighted by Gasteiger charge is 2.19. The summed E-state index contributed by atoms with van der Waals surface area (Å²) >= 11 is 0. The molecule has 2 fully saturated rings. The zero-order chi connectivity index (χ0) is 18.5.